The smallest absolute Gasteiger partial charge is 0.180 e. The molecular formula is C56H39NSi. The fourth-order valence-corrected chi connectivity index (χ4v) is 14.8. The Morgan fingerprint density at radius 1 is 0.276 bits per heavy atom. The van der Waals surface area contributed by atoms with Gasteiger partial charge in [0.1, 0.15) is 0 Å². The van der Waals surface area contributed by atoms with Crippen molar-refractivity contribution >= 4 is 67.4 Å². The van der Waals surface area contributed by atoms with Gasteiger partial charge in [-0.3, -0.25) is 0 Å². The molecule has 0 fully saturated rings. The van der Waals surface area contributed by atoms with Crippen LogP contribution in [0.15, 0.2) is 237 Å². The highest BCUT2D eigenvalue weighted by Gasteiger charge is 2.48. The molecule has 0 N–H and O–H groups in total. The van der Waals surface area contributed by atoms with E-state index in [-0.39, 0.29) is 0 Å². The van der Waals surface area contributed by atoms with Crippen molar-refractivity contribution in [3.63, 3.8) is 0 Å². The molecule has 1 nitrogen and oxygen atoms in total. The Morgan fingerprint density at radius 2 is 0.741 bits per heavy atom. The Hall–Kier alpha value is -7.26. The number of fused-ring (bicyclic) bond motifs is 6. The molecule has 10 aromatic rings. The molecule has 0 saturated heterocycles. The first-order chi connectivity index (χ1) is 28.8. The van der Waals surface area contributed by atoms with Crippen molar-refractivity contribution in [3.8, 4) is 33.4 Å². The molecule has 2 heteroatoms. The number of rotatable bonds is 7. The van der Waals surface area contributed by atoms with E-state index < -0.39 is 8.07 Å². The molecular weight excluding hydrogens is 715 g/mol. The zero-order chi connectivity index (χ0) is 38.5. The van der Waals surface area contributed by atoms with Crippen LogP contribution in [0.25, 0.3) is 54.9 Å². The SMILES string of the molecule is c1ccc(-c2ccc(N(c3ccc4c(c3)[Si](c3ccccc3)(c3ccccc3)c3ccccc3-4)c3ccc4ccc5ccccc5c4c3)cc2-c2ccccc2)cc1. The maximum atomic E-state index is 2.53. The van der Waals surface area contributed by atoms with Gasteiger partial charge < -0.3 is 4.90 Å². The van der Waals surface area contributed by atoms with Crippen LogP contribution in [0.4, 0.5) is 17.1 Å². The summed E-state index contributed by atoms with van der Waals surface area (Å²) in [6, 6.07) is 87.8. The fraction of sp³-hybridized carbons (Fsp3) is 0. The Kier molecular flexibility index (Phi) is 8.23. The zero-order valence-corrected chi connectivity index (χ0v) is 33.0. The lowest BCUT2D eigenvalue weighted by molar-refractivity contribution is 1.29. The van der Waals surface area contributed by atoms with Gasteiger partial charge in [0, 0.05) is 17.1 Å². The van der Waals surface area contributed by atoms with Gasteiger partial charge in [0.2, 0.25) is 0 Å². The topological polar surface area (TPSA) is 3.24 Å². The number of nitrogens with zero attached hydrogens (tertiary/aromatic N) is 1. The maximum Gasteiger partial charge on any atom is 0.180 e. The van der Waals surface area contributed by atoms with Gasteiger partial charge in [0.05, 0.1) is 0 Å². The van der Waals surface area contributed by atoms with Crippen molar-refractivity contribution in [3.05, 3.63) is 237 Å². The van der Waals surface area contributed by atoms with Crippen LogP contribution in [0.3, 0.4) is 0 Å². The first-order valence-electron chi connectivity index (χ1n) is 20.1. The largest absolute Gasteiger partial charge is 0.310 e. The van der Waals surface area contributed by atoms with E-state index in [0.717, 1.165) is 17.1 Å². The van der Waals surface area contributed by atoms with Gasteiger partial charge >= 0.3 is 0 Å². The number of hydrogen-bond acceptors (Lipinski definition) is 1. The van der Waals surface area contributed by atoms with Gasteiger partial charge in [-0.25, -0.2) is 0 Å². The van der Waals surface area contributed by atoms with E-state index >= 15 is 0 Å². The number of anilines is 3. The van der Waals surface area contributed by atoms with E-state index in [9.17, 15) is 0 Å². The molecule has 0 amide bonds. The van der Waals surface area contributed by atoms with E-state index in [4.69, 9.17) is 0 Å². The summed E-state index contributed by atoms with van der Waals surface area (Å²) in [4.78, 5) is 2.49. The van der Waals surface area contributed by atoms with Crippen LogP contribution in [0.2, 0.25) is 0 Å². The van der Waals surface area contributed by atoms with Gasteiger partial charge in [-0.2, -0.15) is 0 Å². The lowest BCUT2D eigenvalue weighted by Gasteiger charge is -2.33. The van der Waals surface area contributed by atoms with E-state index in [2.05, 4.69) is 241 Å². The van der Waals surface area contributed by atoms with Crippen LogP contribution in [0.5, 0.6) is 0 Å². The highest BCUT2D eigenvalue weighted by molar-refractivity contribution is 7.22. The Labute approximate surface area is 340 Å². The molecule has 11 rings (SSSR count). The molecule has 1 heterocycles. The molecule has 0 bridgehead atoms. The minimum Gasteiger partial charge on any atom is -0.310 e. The first-order valence-corrected chi connectivity index (χ1v) is 22.1. The summed E-state index contributed by atoms with van der Waals surface area (Å²) in [6.07, 6.45) is 0. The van der Waals surface area contributed by atoms with Crippen molar-refractivity contribution in [2.45, 2.75) is 0 Å². The molecule has 0 radical (unpaired) electrons. The van der Waals surface area contributed by atoms with Crippen molar-refractivity contribution in [2.24, 2.45) is 0 Å². The highest BCUT2D eigenvalue weighted by Crippen LogP contribution is 2.43. The summed E-state index contributed by atoms with van der Waals surface area (Å²) in [5.74, 6) is 0. The summed E-state index contributed by atoms with van der Waals surface area (Å²) in [6.45, 7) is 0. The second-order valence-corrected chi connectivity index (χ2v) is 19.0. The summed E-state index contributed by atoms with van der Waals surface area (Å²) in [7, 11) is -2.73. The average Bonchev–Trinajstić information content (AvgIpc) is 3.60. The van der Waals surface area contributed by atoms with Gasteiger partial charge in [-0.1, -0.05) is 200 Å². The van der Waals surface area contributed by atoms with Gasteiger partial charge in [-0.15, -0.1) is 0 Å². The van der Waals surface area contributed by atoms with E-state index in [1.54, 1.807) is 0 Å². The minimum atomic E-state index is -2.73. The normalized spacial score (nSPS) is 12.6. The van der Waals surface area contributed by atoms with Crippen molar-refractivity contribution in [1.82, 2.24) is 0 Å². The average molecular weight is 754 g/mol. The molecule has 0 aliphatic carbocycles. The predicted octanol–water partition coefficient (Wildman–Crippen LogP) is 12.2. The lowest BCUT2D eigenvalue weighted by atomic mass is 9.93. The first kappa shape index (κ1) is 34.0. The molecule has 272 valence electrons. The van der Waals surface area contributed by atoms with E-state index in [1.807, 2.05) is 0 Å². The third-order valence-electron chi connectivity index (χ3n) is 12.1. The summed E-state index contributed by atoms with van der Waals surface area (Å²) in [5, 5.41) is 10.6. The summed E-state index contributed by atoms with van der Waals surface area (Å²) < 4.78 is 0. The Balaban J connectivity index is 1.20. The van der Waals surface area contributed by atoms with Crippen LogP contribution in [0.1, 0.15) is 0 Å². The van der Waals surface area contributed by atoms with Crippen LogP contribution in [-0.2, 0) is 0 Å². The molecule has 0 spiro atoms. The van der Waals surface area contributed by atoms with Crippen molar-refractivity contribution in [1.29, 1.82) is 0 Å². The minimum absolute atomic E-state index is 1.11. The van der Waals surface area contributed by atoms with Gasteiger partial charge in [0.15, 0.2) is 8.07 Å². The number of benzene rings is 10. The predicted molar refractivity (Wildman–Crippen MR) is 250 cm³/mol. The van der Waals surface area contributed by atoms with Gasteiger partial charge in [-0.05, 0) is 112 Å². The third-order valence-corrected chi connectivity index (χ3v) is 17.0. The second kappa shape index (κ2) is 14.0. The second-order valence-electron chi connectivity index (χ2n) is 15.2. The van der Waals surface area contributed by atoms with Crippen LogP contribution in [-0.4, -0.2) is 8.07 Å². The third kappa shape index (κ3) is 5.45. The fourth-order valence-electron chi connectivity index (χ4n) is 9.55. The van der Waals surface area contributed by atoms with E-state index in [1.165, 1.54) is 75.7 Å². The molecule has 0 unspecified atom stereocenters. The van der Waals surface area contributed by atoms with E-state index in [0.29, 0.717) is 0 Å². The zero-order valence-electron chi connectivity index (χ0n) is 32.0. The Bertz CT molecular complexity index is 3060. The number of hydrogen-bond donors (Lipinski definition) is 0. The monoisotopic (exact) mass is 753 g/mol. The van der Waals surface area contributed by atoms with Gasteiger partial charge in [0.25, 0.3) is 0 Å². The summed E-state index contributed by atoms with van der Waals surface area (Å²) >= 11 is 0. The molecule has 10 aromatic carbocycles. The van der Waals surface area contributed by atoms with Crippen LogP contribution in [0, 0.1) is 0 Å². The van der Waals surface area contributed by atoms with Crippen molar-refractivity contribution < 1.29 is 0 Å². The Morgan fingerprint density at radius 3 is 1.43 bits per heavy atom. The molecule has 58 heavy (non-hydrogen) atoms. The van der Waals surface area contributed by atoms with Crippen LogP contribution >= 0.6 is 0 Å². The molecule has 0 aromatic heterocycles. The van der Waals surface area contributed by atoms with Crippen molar-refractivity contribution in [2.75, 3.05) is 4.90 Å². The highest BCUT2D eigenvalue weighted by atomic mass is 28.3. The lowest BCUT2D eigenvalue weighted by Crippen LogP contribution is -2.72. The molecule has 0 atom stereocenters. The van der Waals surface area contributed by atoms with Crippen LogP contribution < -0.4 is 25.6 Å². The molecule has 1 aliphatic rings. The maximum absolute atomic E-state index is 2.73. The molecule has 0 saturated carbocycles. The standard InChI is InChI=1S/C56H39NSi/c1-5-17-40(18-6-1)50-35-33-45(38-53(50)41-19-7-2-8-20-41)57(44-32-31-43-30-29-42-21-13-14-26-49(42)54(43)37-44)46-34-36-52-51-27-15-16-28-55(51)58(56(52)39-46,47-22-9-3-10-23-47)48-24-11-4-12-25-48/h1-39H. The molecule has 1 aliphatic heterocycles. The quantitative estimate of drug-likeness (QED) is 0.116. The summed E-state index contributed by atoms with van der Waals surface area (Å²) in [5.41, 5.74) is 10.8.